The number of carbonyl (C=O) groups excluding carboxylic acids is 2. The molecule has 1 aromatic rings. The number of amides is 2. The van der Waals surface area contributed by atoms with E-state index in [2.05, 4.69) is 24.2 Å². The highest BCUT2D eigenvalue weighted by molar-refractivity contribution is 8.18. The largest absolute Gasteiger partial charge is 1.00 e. The van der Waals surface area contributed by atoms with Gasteiger partial charge in [0.15, 0.2) is 5.17 Å². The molecule has 1 fully saturated rings. The van der Waals surface area contributed by atoms with E-state index in [0.29, 0.717) is 33.9 Å². The third-order valence-corrected chi connectivity index (χ3v) is 5.05. The molecule has 27 heavy (non-hydrogen) atoms. The second-order valence-corrected chi connectivity index (χ2v) is 7.38. The van der Waals surface area contributed by atoms with Gasteiger partial charge in [-0.2, -0.15) is 0 Å². The Balaban J connectivity index is 0.00000364. The van der Waals surface area contributed by atoms with Gasteiger partial charge in [0.1, 0.15) is 0 Å². The molecule has 0 radical (unpaired) electrons. The van der Waals surface area contributed by atoms with Gasteiger partial charge in [0.25, 0.3) is 5.91 Å². The highest BCUT2D eigenvalue weighted by Gasteiger charge is 2.33. The van der Waals surface area contributed by atoms with Crippen molar-refractivity contribution in [2.45, 2.75) is 39.5 Å². The van der Waals surface area contributed by atoms with Crippen molar-refractivity contribution in [3.8, 4) is 0 Å². The molecule has 1 N–H and O–H groups in total. The zero-order valence-corrected chi connectivity index (χ0v) is 18.7. The van der Waals surface area contributed by atoms with Crippen molar-refractivity contribution in [1.29, 1.82) is 0 Å². The van der Waals surface area contributed by atoms with Gasteiger partial charge in [0.2, 0.25) is 5.91 Å². The number of hydrogen-bond acceptors (Lipinski definition) is 4. The molecule has 2 rings (SSSR count). The van der Waals surface area contributed by atoms with Crippen molar-refractivity contribution in [2.75, 3.05) is 18.4 Å². The highest BCUT2D eigenvalue weighted by atomic mass is 79.9. The second kappa shape index (κ2) is 12.2. The molecule has 8 heteroatoms. The molecule has 1 saturated heterocycles. The molecule has 1 aliphatic heterocycles. The van der Waals surface area contributed by atoms with Gasteiger partial charge in [-0.05, 0) is 48.9 Å². The summed E-state index contributed by atoms with van der Waals surface area (Å²) in [7, 11) is 0. The summed E-state index contributed by atoms with van der Waals surface area (Å²) in [5.74, 6) is -0.488. The number of unbranched alkanes of at least 4 members (excludes halogenated alkanes) is 2. The first-order valence-electron chi connectivity index (χ1n) is 8.87. The van der Waals surface area contributed by atoms with Crippen LogP contribution in [0.25, 0.3) is 0 Å². The predicted molar refractivity (Wildman–Crippen MR) is 110 cm³/mol. The minimum absolute atomic E-state index is 0. The van der Waals surface area contributed by atoms with Crippen LogP contribution >= 0.6 is 23.4 Å². The summed E-state index contributed by atoms with van der Waals surface area (Å²) < 4.78 is 0. The summed E-state index contributed by atoms with van der Waals surface area (Å²) in [6, 6.07) is 6.83. The van der Waals surface area contributed by atoms with Crippen molar-refractivity contribution < 1.29 is 26.6 Å². The Hall–Kier alpha value is -1.31. The topological polar surface area (TPSA) is 61.8 Å². The van der Waals surface area contributed by atoms with Crippen LogP contribution in [0.15, 0.2) is 40.2 Å². The Morgan fingerprint density at radius 1 is 1.22 bits per heavy atom. The Morgan fingerprint density at radius 2 is 1.89 bits per heavy atom. The molecular weight excluding hydrogens is 450 g/mol. The van der Waals surface area contributed by atoms with Crippen molar-refractivity contribution in [3.05, 3.63) is 40.3 Å². The fourth-order valence-corrected chi connectivity index (χ4v) is 3.43. The first-order valence-corrected chi connectivity index (χ1v) is 10.1. The maximum atomic E-state index is 12.6. The summed E-state index contributed by atoms with van der Waals surface area (Å²) in [4.78, 5) is 31.5. The normalized spacial score (nSPS) is 16.7. The van der Waals surface area contributed by atoms with Crippen LogP contribution in [-0.4, -0.2) is 35.0 Å². The van der Waals surface area contributed by atoms with Gasteiger partial charge in [-0.15, -0.1) is 0 Å². The predicted octanol–water partition coefficient (Wildman–Crippen LogP) is 1.70. The van der Waals surface area contributed by atoms with Crippen molar-refractivity contribution >= 4 is 46.0 Å². The molecule has 0 aromatic heterocycles. The van der Waals surface area contributed by atoms with Crippen molar-refractivity contribution in [1.82, 2.24) is 4.90 Å². The molecular formula is C19H24BrClN3O2S-. The molecule has 0 aliphatic carbocycles. The van der Waals surface area contributed by atoms with Gasteiger partial charge in [0, 0.05) is 29.9 Å². The van der Waals surface area contributed by atoms with E-state index in [0.717, 1.165) is 25.7 Å². The quantitative estimate of drug-likeness (QED) is 0.462. The smallest absolute Gasteiger partial charge is 0.266 e. The number of nitrogens with one attached hydrogen (secondary N) is 1. The average molecular weight is 474 g/mol. The molecule has 0 atom stereocenters. The molecule has 0 saturated carbocycles. The first-order chi connectivity index (χ1) is 12.5. The van der Waals surface area contributed by atoms with E-state index >= 15 is 0 Å². The molecule has 5 nitrogen and oxygen atoms in total. The Kier molecular flexibility index (Phi) is 10.7. The van der Waals surface area contributed by atoms with Gasteiger partial charge >= 0.3 is 0 Å². The lowest BCUT2D eigenvalue weighted by Crippen LogP contribution is -3.00. The zero-order valence-electron chi connectivity index (χ0n) is 15.5. The van der Waals surface area contributed by atoms with E-state index in [1.807, 2.05) is 0 Å². The van der Waals surface area contributed by atoms with Gasteiger partial charge in [-0.1, -0.05) is 38.3 Å². The molecule has 2 amide bonds. The summed E-state index contributed by atoms with van der Waals surface area (Å²) in [6.07, 6.45) is 5.28. The molecule has 0 bridgehead atoms. The van der Waals surface area contributed by atoms with Crippen LogP contribution < -0.4 is 22.3 Å². The van der Waals surface area contributed by atoms with E-state index in [1.54, 1.807) is 29.2 Å². The number of nitrogens with zero attached hydrogens (tertiary/aromatic N) is 2. The summed E-state index contributed by atoms with van der Waals surface area (Å²) >= 11 is 7.11. The number of carbonyl (C=O) groups is 2. The highest BCUT2D eigenvalue weighted by Crippen LogP contribution is 2.31. The Bertz CT molecular complexity index is 707. The van der Waals surface area contributed by atoms with Crippen molar-refractivity contribution in [3.63, 3.8) is 0 Å². The summed E-state index contributed by atoms with van der Waals surface area (Å²) in [6.45, 7) is 5.51. The maximum Gasteiger partial charge on any atom is 0.266 e. The van der Waals surface area contributed by atoms with E-state index in [9.17, 15) is 9.59 Å². The molecule has 0 unspecified atom stereocenters. The van der Waals surface area contributed by atoms with Crippen LogP contribution in [-0.2, 0) is 9.59 Å². The van der Waals surface area contributed by atoms with Crippen LogP contribution in [0.2, 0.25) is 5.02 Å². The van der Waals surface area contributed by atoms with Gasteiger partial charge in [0.05, 0.1) is 4.91 Å². The number of hydrogen-bond donors (Lipinski definition) is 1. The number of halogens is 2. The van der Waals surface area contributed by atoms with E-state index < -0.39 is 0 Å². The fraction of sp³-hybridized carbons (Fsp3) is 0.421. The summed E-state index contributed by atoms with van der Waals surface area (Å²) in [5.41, 5.74) is 0.631. The number of amidine groups is 1. The fourth-order valence-electron chi connectivity index (χ4n) is 2.30. The summed E-state index contributed by atoms with van der Waals surface area (Å²) in [5, 5.41) is 4.04. The minimum atomic E-state index is -0.339. The molecule has 1 heterocycles. The van der Waals surface area contributed by atoms with Gasteiger partial charge < -0.3 is 22.3 Å². The lowest BCUT2D eigenvalue weighted by molar-refractivity contribution is -0.122. The Labute approximate surface area is 180 Å². The van der Waals surface area contributed by atoms with Crippen LogP contribution in [0.5, 0.6) is 0 Å². The number of aliphatic imine (C=N–C) groups is 1. The van der Waals surface area contributed by atoms with Crippen molar-refractivity contribution in [2.24, 2.45) is 4.99 Å². The van der Waals surface area contributed by atoms with E-state index in [4.69, 9.17) is 11.6 Å². The second-order valence-electron chi connectivity index (χ2n) is 5.93. The minimum Gasteiger partial charge on any atom is -1.00 e. The lowest BCUT2D eigenvalue weighted by atomic mass is 10.3. The lowest BCUT2D eigenvalue weighted by Gasteiger charge is -2.14. The van der Waals surface area contributed by atoms with Crippen LogP contribution in [0.4, 0.5) is 5.69 Å². The molecule has 0 spiro atoms. The van der Waals surface area contributed by atoms with Gasteiger partial charge in [-0.25, -0.2) is 0 Å². The molecule has 148 valence electrons. The average Bonchev–Trinajstić information content (AvgIpc) is 2.90. The van der Waals surface area contributed by atoms with Crippen LogP contribution in [0.1, 0.15) is 39.5 Å². The maximum absolute atomic E-state index is 12.6. The SMILES string of the molecule is CCCCN=C1S/C(=C/C(=O)Nc2ccc(Cl)cc2)C(=O)N1CCCC.[Br-]. The van der Waals surface area contributed by atoms with Crippen LogP contribution in [0.3, 0.4) is 0 Å². The first kappa shape index (κ1) is 23.7. The third-order valence-electron chi connectivity index (χ3n) is 3.76. The molecule has 1 aromatic carbocycles. The Morgan fingerprint density at radius 3 is 2.52 bits per heavy atom. The number of benzene rings is 1. The van der Waals surface area contributed by atoms with E-state index in [-0.39, 0.29) is 28.8 Å². The standard InChI is InChI=1S/C19H24ClN3O2S.BrH/c1-3-5-11-21-19-23(12-6-4-2)18(25)16(26-19)13-17(24)22-15-9-7-14(20)8-10-15;/h7-10,13H,3-6,11-12H2,1-2H3,(H,22,24);1H/p-1/b16-13+,21-19?;. The number of thioether (sulfide) groups is 1. The number of rotatable bonds is 8. The number of anilines is 1. The monoisotopic (exact) mass is 472 g/mol. The zero-order chi connectivity index (χ0) is 18.9. The van der Waals surface area contributed by atoms with Gasteiger partial charge in [-0.3, -0.25) is 19.5 Å². The van der Waals surface area contributed by atoms with E-state index in [1.165, 1.54) is 17.8 Å². The third kappa shape index (κ3) is 7.31. The molecule has 1 aliphatic rings. The van der Waals surface area contributed by atoms with Crippen LogP contribution in [0, 0.1) is 0 Å².